The number of carboxylic acid groups (broad SMARTS) is 1. The van der Waals surface area contributed by atoms with Crippen molar-refractivity contribution in [3.63, 3.8) is 0 Å². The number of carbonyl (C=O) groups is 1. The van der Waals surface area contributed by atoms with E-state index in [0.717, 1.165) is 0 Å². The molecule has 0 saturated carbocycles. The number of hydrogen-bond donors (Lipinski definition) is 4. The minimum atomic E-state index is -1.12. The fourth-order valence-electron chi connectivity index (χ4n) is 1.49. The number of nitrogens with zero attached hydrogens (tertiary/aromatic N) is 2. The number of anilines is 1. The SMILES string of the molecule is Nc1nc(C2=NCC(O)CN2)ccc1C(=O)O. The molecule has 0 bridgehead atoms. The second kappa shape index (κ2) is 4.38. The van der Waals surface area contributed by atoms with Crippen molar-refractivity contribution in [1.29, 1.82) is 0 Å². The van der Waals surface area contributed by atoms with Crippen LogP contribution in [0, 0.1) is 0 Å². The Morgan fingerprint density at radius 1 is 1.53 bits per heavy atom. The summed E-state index contributed by atoms with van der Waals surface area (Å²) in [5.41, 5.74) is 5.97. The maximum absolute atomic E-state index is 10.8. The Balaban J connectivity index is 2.29. The van der Waals surface area contributed by atoms with Gasteiger partial charge in [-0.2, -0.15) is 0 Å². The number of aliphatic hydroxyl groups excluding tert-OH is 1. The molecule has 2 heterocycles. The topological polar surface area (TPSA) is 121 Å². The summed E-state index contributed by atoms with van der Waals surface area (Å²) in [6.07, 6.45) is -0.505. The van der Waals surface area contributed by atoms with Gasteiger partial charge in [-0.1, -0.05) is 0 Å². The lowest BCUT2D eigenvalue weighted by atomic mass is 10.2. The van der Waals surface area contributed by atoms with Crippen LogP contribution >= 0.6 is 0 Å². The van der Waals surface area contributed by atoms with Crippen LogP contribution in [0.25, 0.3) is 0 Å². The summed E-state index contributed by atoms with van der Waals surface area (Å²) in [5, 5.41) is 21.0. The number of carboxylic acids is 1. The number of nitrogens with one attached hydrogen (secondary N) is 1. The Kier molecular flexibility index (Phi) is 2.92. The first-order valence-electron chi connectivity index (χ1n) is 5.04. The molecule has 0 spiro atoms. The van der Waals surface area contributed by atoms with E-state index >= 15 is 0 Å². The minimum Gasteiger partial charge on any atom is -0.478 e. The van der Waals surface area contributed by atoms with Crippen molar-refractivity contribution < 1.29 is 15.0 Å². The first kappa shape index (κ1) is 11.3. The summed E-state index contributed by atoms with van der Waals surface area (Å²) in [5.74, 6) is -0.653. The number of aromatic nitrogens is 1. The number of rotatable bonds is 2. The van der Waals surface area contributed by atoms with Crippen LogP contribution in [0.5, 0.6) is 0 Å². The Bertz CT molecular complexity index is 486. The average Bonchev–Trinajstić information content (AvgIpc) is 2.29. The third-order valence-corrected chi connectivity index (χ3v) is 2.36. The van der Waals surface area contributed by atoms with Gasteiger partial charge >= 0.3 is 5.97 Å². The van der Waals surface area contributed by atoms with E-state index in [1.54, 1.807) is 0 Å². The predicted molar refractivity (Wildman–Crippen MR) is 61.0 cm³/mol. The van der Waals surface area contributed by atoms with Gasteiger partial charge in [-0.05, 0) is 12.1 Å². The molecule has 0 aliphatic carbocycles. The van der Waals surface area contributed by atoms with Gasteiger partial charge in [0.05, 0.1) is 12.6 Å². The fourth-order valence-corrected chi connectivity index (χ4v) is 1.49. The van der Waals surface area contributed by atoms with Gasteiger partial charge in [-0.15, -0.1) is 0 Å². The summed E-state index contributed by atoms with van der Waals surface area (Å²) >= 11 is 0. The van der Waals surface area contributed by atoms with Crippen LogP contribution in [-0.2, 0) is 0 Å². The summed E-state index contributed by atoms with van der Waals surface area (Å²) in [6, 6.07) is 2.92. The van der Waals surface area contributed by atoms with Crippen LogP contribution < -0.4 is 11.1 Å². The van der Waals surface area contributed by atoms with E-state index in [0.29, 0.717) is 24.6 Å². The van der Waals surface area contributed by atoms with Crippen LogP contribution in [0.2, 0.25) is 0 Å². The highest BCUT2D eigenvalue weighted by molar-refractivity contribution is 5.99. The maximum Gasteiger partial charge on any atom is 0.339 e. The van der Waals surface area contributed by atoms with E-state index < -0.39 is 12.1 Å². The second-order valence-corrected chi connectivity index (χ2v) is 3.66. The zero-order chi connectivity index (χ0) is 12.4. The first-order chi connectivity index (χ1) is 8.08. The molecule has 0 saturated heterocycles. The molecule has 1 aromatic rings. The monoisotopic (exact) mass is 236 g/mol. The summed E-state index contributed by atoms with van der Waals surface area (Å²) in [6.45, 7) is 0.686. The van der Waals surface area contributed by atoms with Gasteiger partial charge in [-0.3, -0.25) is 4.99 Å². The molecule has 0 aromatic carbocycles. The number of β-amino-alcohol motifs (C(OH)–C–C–N with tert-alkyl or cyclic N) is 1. The summed E-state index contributed by atoms with van der Waals surface area (Å²) in [4.78, 5) is 18.8. The molecule has 1 aliphatic heterocycles. The number of aliphatic imine (C=N–C) groups is 1. The van der Waals surface area contributed by atoms with Gasteiger partial charge in [0, 0.05) is 6.54 Å². The van der Waals surface area contributed by atoms with Crippen molar-refractivity contribution in [3.05, 3.63) is 23.4 Å². The van der Waals surface area contributed by atoms with Crippen LogP contribution in [-0.4, -0.2) is 46.2 Å². The van der Waals surface area contributed by atoms with Crippen LogP contribution in [0.3, 0.4) is 0 Å². The average molecular weight is 236 g/mol. The van der Waals surface area contributed by atoms with Crippen molar-refractivity contribution in [1.82, 2.24) is 10.3 Å². The zero-order valence-electron chi connectivity index (χ0n) is 8.92. The number of nitrogens with two attached hydrogens (primary N) is 1. The number of hydrogen-bond acceptors (Lipinski definition) is 6. The molecular weight excluding hydrogens is 224 g/mol. The molecule has 2 rings (SSSR count). The number of aliphatic hydroxyl groups is 1. The van der Waals surface area contributed by atoms with Crippen molar-refractivity contribution >= 4 is 17.6 Å². The highest BCUT2D eigenvalue weighted by atomic mass is 16.4. The van der Waals surface area contributed by atoms with Gasteiger partial charge in [0.15, 0.2) is 0 Å². The predicted octanol–water partition coefficient (Wildman–Crippen LogP) is -0.927. The van der Waals surface area contributed by atoms with Gasteiger partial charge in [0.25, 0.3) is 0 Å². The Morgan fingerprint density at radius 3 is 2.82 bits per heavy atom. The van der Waals surface area contributed by atoms with E-state index in [4.69, 9.17) is 10.8 Å². The van der Waals surface area contributed by atoms with Crippen LogP contribution in [0.15, 0.2) is 17.1 Å². The molecule has 0 fully saturated rings. The lowest BCUT2D eigenvalue weighted by Crippen LogP contribution is -2.39. The standard InChI is InChI=1S/C10H12N4O3/c11-8-6(10(16)17)1-2-7(14-8)9-12-3-5(15)4-13-9/h1-2,5,15H,3-4H2,(H2,11,14)(H,12,13)(H,16,17). The van der Waals surface area contributed by atoms with Gasteiger partial charge in [0.2, 0.25) is 0 Å². The highest BCUT2D eigenvalue weighted by Gasteiger charge is 2.16. The lowest BCUT2D eigenvalue weighted by Gasteiger charge is -2.18. The molecule has 1 aromatic heterocycles. The van der Waals surface area contributed by atoms with E-state index in [1.165, 1.54) is 12.1 Å². The minimum absolute atomic E-state index is 0.0369. The molecule has 0 radical (unpaired) electrons. The Labute approximate surface area is 97.0 Å². The second-order valence-electron chi connectivity index (χ2n) is 3.66. The molecule has 0 amide bonds. The third-order valence-electron chi connectivity index (χ3n) is 2.36. The van der Waals surface area contributed by atoms with Crippen LogP contribution in [0.1, 0.15) is 16.1 Å². The van der Waals surface area contributed by atoms with Gasteiger partial charge < -0.3 is 21.3 Å². The number of amidine groups is 1. The largest absolute Gasteiger partial charge is 0.478 e. The normalized spacial score (nSPS) is 19.4. The Hall–Kier alpha value is -2.15. The van der Waals surface area contributed by atoms with Crippen LogP contribution in [0.4, 0.5) is 5.82 Å². The van der Waals surface area contributed by atoms with Crippen molar-refractivity contribution in [2.24, 2.45) is 4.99 Å². The van der Waals surface area contributed by atoms with Gasteiger partial charge in [0.1, 0.15) is 22.9 Å². The molecule has 17 heavy (non-hydrogen) atoms. The molecular formula is C10H12N4O3. The molecule has 1 atom stereocenters. The van der Waals surface area contributed by atoms with E-state index in [-0.39, 0.29) is 11.4 Å². The summed E-state index contributed by atoms with van der Waals surface area (Å²) in [7, 11) is 0. The molecule has 1 aliphatic rings. The van der Waals surface area contributed by atoms with E-state index in [9.17, 15) is 9.90 Å². The molecule has 5 N–H and O–H groups in total. The number of aromatic carboxylic acids is 1. The zero-order valence-corrected chi connectivity index (χ0v) is 8.92. The van der Waals surface area contributed by atoms with Gasteiger partial charge in [-0.25, -0.2) is 9.78 Å². The fraction of sp³-hybridized carbons (Fsp3) is 0.300. The van der Waals surface area contributed by atoms with E-state index in [1.807, 2.05) is 0 Å². The third kappa shape index (κ3) is 2.34. The summed E-state index contributed by atoms with van der Waals surface area (Å²) < 4.78 is 0. The molecule has 1 unspecified atom stereocenters. The van der Waals surface area contributed by atoms with Crippen molar-refractivity contribution in [3.8, 4) is 0 Å². The molecule has 7 heteroatoms. The first-order valence-corrected chi connectivity index (χ1v) is 5.04. The smallest absolute Gasteiger partial charge is 0.339 e. The highest BCUT2D eigenvalue weighted by Crippen LogP contribution is 2.11. The maximum atomic E-state index is 10.8. The van der Waals surface area contributed by atoms with Crippen molar-refractivity contribution in [2.45, 2.75) is 6.10 Å². The molecule has 7 nitrogen and oxygen atoms in total. The Morgan fingerprint density at radius 2 is 2.29 bits per heavy atom. The van der Waals surface area contributed by atoms with Crippen molar-refractivity contribution in [2.75, 3.05) is 18.8 Å². The number of nitrogen functional groups attached to an aromatic ring is 1. The van der Waals surface area contributed by atoms with E-state index in [2.05, 4.69) is 15.3 Å². The molecule has 90 valence electrons. The quantitative estimate of drug-likeness (QED) is 0.526. The number of pyridine rings is 1. The lowest BCUT2D eigenvalue weighted by molar-refractivity contribution is 0.0697.